The first-order chi connectivity index (χ1) is 29.7. The summed E-state index contributed by atoms with van der Waals surface area (Å²) in [6, 6.07) is 75.6. The zero-order chi connectivity index (χ0) is 39.7. The number of benzene rings is 10. The molecule has 0 atom stereocenters. The van der Waals surface area contributed by atoms with Crippen molar-refractivity contribution in [3.63, 3.8) is 0 Å². The Morgan fingerprint density at radius 3 is 1.63 bits per heavy atom. The van der Waals surface area contributed by atoms with E-state index in [0.29, 0.717) is 0 Å². The zero-order valence-electron chi connectivity index (χ0n) is 33.2. The monoisotopic (exact) mass is 765 g/mol. The van der Waals surface area contributed by atoms with Crippen LogP contribution >= 0.6 is 0 Å². The molecule has 0 saturated carbocycles. The van der Waals surface area contributed by atoms with E-state index in [1.807, 2.05) is 0 Å². The normalized spacial score (nSPS) is 11.8. The lowest BCUT2D eigenvalue weighted by atomic mass is 9.81. The van der Waals surface area contributed by atoms with Gasteiger partial charge in [-0.05, 0) is 126 Å². The maximum Gasteiger partial charge on any atom is 0.114 e. The SMILES string of the molecule is CCc1nc2ccccc2n1-c1ccc2c(c1)c1cc(-c3cc(-c4ccccc4)c4c5ccccc5c5ccccc5c4c3-c3ccccc3)ccc1n2-c1ccccc1. The van der Waals surface area contributed by atoms with Crippen LogP contribution in [0.5, 0.6) is 0 Å². The summed E-state index contributed by atoms with van der Waals surface area (Å²) in [6.07, 6.45) is 0.834. The first kappa shape index (κ1) is 34.3. The predicted molar refractivity (Wildman–Crippen MR) is 254 cm³/mol. The van der Waals surface area contributed by atoms with E-state index in [2.05, 4.69) is 222 Å². The van der Waals surface area contributed by atoms with Crippen molar-refractivity contribution in [2.24, 2.45) is 0 Å². The topological polar surface area (TPSA) is 22.8 Å². The van der Waals surface area contributed by atoms with E-state index in [1.165, 1.54) is 87.5 Å². The van der Waals surface area contributed by atoms with Gasteiger partial charge in [-0.2, -0.15) is 0 Å². The van der Waals surface area contributed by atoms with Crippen molar-refractivity contribution in [3.8, 4) is 44.8 Å². The Hall–Kier alpha value is -7.75. The second-order valence-corrected chi connectivity index (χ2v) is 15.7. The smallest absolute Gasteiger partial charge is 0.114 e. The highest BCUT2D eigenvalue weighted by Gasteiger charge is 2.23. The van der Waals surface area contributed by atoms with Crippen molar-refractivity contribution in [2.45, 2.75) is 13.3 Å². The molecule has 10 aromatic carbocycles. The number of rotatable bonds is 6. The summed E-state index contributed by atoms with van der Waals surface area (Å²) in [5.41, 5.74) is 14.0. The fourth-order valence-corrected chi connectivity index (χ4v) is 9.86. The van der Waals surface area contributed by atoms with Gasteiger partial charge >= 0.3 is 0 Å². The van der Waals surface area contributed by atoms with Gasteiger partial charge in [-0.3, -0.25) is 4.57 Å². The minimum absolute atomic E-state index is 0.834. The van der Waals surface area contributed by atoms with Crippen LogP contribution in [0.15, 0.2) is 206 Å². The number of aromatic nitrogens is 3. The van der Waals surface area contributed by atoms with Gasteiger partial charge in [-0.25, -0.2) is 4.98 Å². The zero-order valence-corrected chi connectivity index (χ0v) is 33.2. The van der Waals surface area contributed by atoms with E-state index in [4.69, 9.17) is 4.98 Å². The molecule has 0 amide bonds. The van der Waals surface area contributed by atoms with Gasteiger partial charge in [-0.1, -0.05) is 153 Å². The molecule has 0 saturated heterocycles. The predicted octanol–water partition coefficient (Wildman–Crippen LogP) is 15.1. The number of nitrogens with zero attached hydrogens (tertiary/aromatic N) is 3. The number of imidazole rings is 1. The first-order valence-electron chi connectivity index (χ1n) is 20.9. The summed E-state index contributed by atoms with van der Waals surface area (Å²) in [7, 11) is 0. The Balaban J connectivity index is 1.23. The highest BCUT2D eigenvalue weighted by atomic mass is 15.1. The Labute approximate surface area is 348 Å². The molecule has 0 aliphatic rings. The van der Waals surface area contributed by atoms with E-state index < -0.39 is 0 Å². The standard InChI is InChI=1S/C57H39N3/c1-2-54-58-50-28-16-17-29-53(50)60(54)41-31-33-52-49(35-41)48-34-39(30-32-51(48)59(52)40-22-10-5-11-23-40)47-36-46(37-18-6-3-7-19-37)56-44-26-14-12-24-42(44)43-25-13-15-27-45(43)57(56)55(47)38-20-8-4-9-21-38/h3-36H,2H2,1H3. The third-order valence-corrected chi connectivity index (χ3v) is 12.4. The fraction of sp³-hybridized carbons (Fsp3) is 0.0351. The molecule has 0 spiro atoms. The average Bonchev–Trinajstić information content (AvgIpc) is 3.87. The van der Waals surface area contributed by atoms with Crippen molar-refractivity contribution in [3.05, 3.63) is 212 Å². The van der Waals surface area contributed by atoms with Gasteiger partial charge in [0.1, 0.15) is 5.82 Å². The van der Waals surface area contributed by atoms with Gasteiger partial charge in [0.2, 0.25) is 0 Å². The van der Waals surface area contributed by atoms with Crippen molar-refractivity contribution in [2.75, 3.05) is 0 Å². The van der Waals surface area contributed by atoms with Crippen molar-refractivity contribution >= 4 is 65.2 Å². The molecule has 0 aliphatic carbocycles. The summed E-state index contributed by atoms with van der Waals surface area (Å²) in [6.45, 7) is 2.19. The van der Waals surface area contributed by atoms with Crippen LogP contribution in [-0.4, -0.2) is 14.1 Å². The Kier molecular flexibility index (Phi) is 7.82. The van der Waals surface area contributed by atoms with Crippen molar-refractivity contribution < 1.29 is 0 Å². The number of hydrogen-bond donors (Lipinski definition) is 0. The molecule has 2 heterocycles. The van der Waals surface area contributed by atoms with E-state index in [9.17, 15) is 0 Å². The van der Waals surface area contributed by atoms with Gasteiger partial charge in [-0.15, -0.1) is 0 Å². The van der Waals surface area contributed by atoms with Gasteiger partial charge in [0.15, 0.2) is 0 Å². The molecule has 0 N–H and O–H groups in total. The number of hydrogen-bond acceptors (Lipinski definition) is 1. The van der Waals surface area contributed by atoms with Crippen LogP contribution < -0.4 is 0 Å². The molecule has 0 aliphatic heterocycles. The number of fused-ring (bicyclic) bond motifs is 10. The van der Waals surface area contributed by atoms with E-state index in [0.717, 1.165) is 34.7 Å². The van der Waals surface area contributed by atoms with Crippen LogP contribution in [0.3, 0.4) is 0 Å². The van der Waals surface area contributed by atoms with Crippen LogP contribution in [0.1, 0.15) is 12.7 Å². The van der Waals surface area contributed by atoms with Gasteiger partial charge in [0, 0.05) is 28.6 Å². The molecule has 0 bridgehead atoms. The van der Waals surface area contributed by atoms with Crippen LogP contribution in [0.2, 0.25) is 0 Å². The van der Waals surface area contributed by atoms with Crippen LogP contribution in [0, 0.1) is 0 Å². The molecule has 0 radical (unpaired) electrons. The Morgan fingerprint density at radius 1 is 0.367 bits per heavy atom. The lowest BCUT2D eigenvalue weighted by molar-refractivity contribution is 0.909. The molecule has 12 rings (SSSR count). The van der Waals surface area contributed by atoms with E-state index in [1.54, 1.807) is 0 Å². The number of aryl methyl sites for hydroxylation is 1. The van der Waals surface area contributed by atoms with Gasteiger partial charge < -0.3 is 4.57 Å². The van der Waals surface area contributed by atoms with E-state index >= 15 is 0 Å². The second kappa shape index (κ2) is 13.7. The summed E-state index contributed by atoms with van der Waals surface area (Å²) >= 11 is 0. The van der Waals surface area contributed by atoms with Gasteiger partial charge in [0.05, 0.1) is 22.1 Å². The van der Waals surface area contributed by atoms with E-state index in [-0.39, 0.29) is 0 Å². The third kappa shape index (κ3) is 5.19. The molecular weight excluding hydrogens is 727 g/mol. The van der Waals surface area contributed by atoms with Crippen LogP contribution in [0.25, 0.3) is 110 Å². The molecule has 3 nitrogen and oxygen atoms in total. The van der Waals surface area contributed by atoms with Crippen LogP contribution in [0.4, 0.5) is 0 Å². The molecule has 2 aromatic heterocycles. The highest BCUT2D eigenvalue weighted by molar-refractivity contribution is 6.33. The average molecular weight is 766 g/mol. The highest BCUT2D eigenvalue weighted by Crippen LogP contribution is 2.49. The maximum atomic E-state index is 5.05. The summed E-state index contributed by atoms with van der Waals surface area (Å²) in [5, 5.41) is 10.0. The molecule has 282 valence electrons. The second-order valence-electron chi connectivity index (χ2n) is 15.7. The van der Waals surface area contributed by atoms with Crippen LogP contribution in [-0.2, 0) is 6.42 Å². The summed E-state index contributed by atoms with van der Waals surface area (Å²) in [5.74, 6) is 1.06. The summed E-state index contributed by atoms with van der Waals surface area (Å²) < 4.78 is 4.75. The molecule has 0 unspecified atom stereocenters. The fourth-order valence-electron chi connectivity index (χ4n) is 9.86. The molecular formula is C57H39N3. The molecule has 12 aromatic rings. The lowest BCUT2D eigenvalue weighted by Crippen LogP contribution is -2.00. The maximum absolute atomic E-state index is 5.05. The number of para-hydroxylation sites is 3. The largest absolute Gasteiger partial charge is 0.309 e. The van der Waals surface area contributed by atoms with Gasteiger partial charge in [0.25, 0.3) is 0 Å². The molecule has 60 heavy (non-hydrogen) atoms. The minimum Gasteiger partial charge on any atom is -0.309 e. The van der Waals surface area contributed by atoms with Crippen molar-refractivity contribution in [1.82, 2.24) is 14.1 Å². The quantitative estimate of drug-likeness (QED) is 0.155. The lowest BCUT2D eigenvalue weighted by Gasteiger charge is -2.22. The van der Waals surface area contributed by atoms with Crippen molar-refractivity contribution in [1.29, 1.82) is 0 Å². The Bertz CT molecular complexity index is 3620. The molecule has 0 fully saturated rings. The summed E-state index contributed by atoms with van der Waals surface area (Å²) in [4.78, 5) is 5.05. The first-order valence-corrected chi connectivity index (χ1v) is 20.9. The third-order valence-electron chi connectivity index (χ3n) is 12.4. The minimum atomic E-state index is 0.834. The Morgan fingerprint density at radius 2 is 0.933 bits per heavy atom. The molecule has 3 heteroatoms.